The van der Waals surface area contributed by atoms with E-state index in [9.17, 15) is 18.8 Å². The minimum atomic E-state index is -0.681. The molecular formula is C35H28ClFN4O4S2. The topological polar surface area (TPSA) is 109 Å². The minimum Gasteiger partial charge on any atom is -0.497 e. The Bertz CT molecular complexity index is 1900. The first-order valence-corrected chi connectivity index (χ1v) is 16.3. The van der Waals surface area contributed by atoms with E-state index in [-0.39, 0.29) is 22.2 Å². The van der Waals surface area contributed by atoms with E-state index >= 15 is 0 Å². The molecule has 1 unspecified atom stereocenters. The fourth-order valence-corrected chi connectivity index (χ4v) is 6.05. The van der Waals surface area contributed by atoms with Crippen LogP contribution in [0.15, 0.2) is 113 Å². The van der Waals surface area contributed by atoms with Gasteiger partial charge in [0.05, 0.1) is 23.1 Å². The number of amides is 3. The number of hydrogen-bond donors (Lipinski definition) is 3. The summed E-state index contributed by atoms with van der Waals surface area (Å²) in [6, 6.07) is 26.8. The minimum absolute atomic E-state index is 0.0404. The summed E-state index contributed by atoms with van der Waals surface area (Å²) in [4.78, 5) is 44.4. The lowest BCUT2D eigenvalue weighted by atomic mass is 10.1. The molecule has 0 bridgehead atoms. The van der Waals surface area contributed by atoms with E-state index in [1.165, 1.54) is 47.4 Å². The van der Waals surface area contributed by atoms with Crippen LogP contribution in [0.2, 0.25) is 5.02 Å². The Balaban J connectivity index is 1.22. The van der Waals surface area contributed by atoms with Gasteiger partial charge in [-0.15, -0.1) is 23.1 Å². The van der Waals surface area contributed by atoms with Crippen molar-refractivity contribution in [3.8, 4) is 17.0 Å². The summed E-state index contributed by atoms with van der Waals surface area (Å²) in [5.41, 5.74) is 2.16. The molecule has 1 aromatic heterocycles. The first-order chi connectivity index (χ1) is 22.7. The Morgan fingerprint density at radius 3 is 2.34 bits per heavy atom. The number of carbonyl (C=O) groups is 3. The molecule has 0 saturated heterocycles. The molecule has 0 aliphatic rings. The van der Waals surface area contributed by atoms with Crippen LogP contribution >= 0.6 is 34.7 Å². The highest BCUT2D eigenvalue weighted by atomic mass is 35.5. The molecule has 47 heavy (non-hydrogen) atoms. The first kappa shape index (κ1) is 33.4. The number of carbonyl (C=O) groups excluding carboxylic acids is 3. The summed E-state index contributed by atoms with van der Waals surface area (Å²) in [7, 11) is 1.61. The molecule has 4 aromatic carbocycles. The number of methoxy groups -OCH3 is 1. The van der Waals surface area contributed by atoms with Crippen LogP contribution in [-0.4, -0.2) is 35.1 Å². The predicted molar refractivity (Wildman–Crippen MR) is 186 cm³/mol. The number of hydrogen-bond acceptors (Lipinski definition) is 7. The lowest BCUT2D eigenvalue weighted by molar-refractivity contribution is -0.115. The molecule has 3 amide bonds. The SMILES string of the molecule is COc1ccc(-c2csc(NC(=O)C(C)Sc3ccc(NC(=O)/C(=C/c4c(F)cccc4Cl)NC(=O)c4ccccc4)cc3)n2)cc1. The average Bonchev–Trinajstić information content (AvgIpc) is 3.55. The summed E-state index contributed by atoms with van der Waals surface area (Å²) in [6.45, 7) is 1.79. The second kappa shape index (κ2) is 15.5. The van der Waals surface area contributed by atoms with Gasteiger partial charge in [-0.25, -0.2) is 9.37 Å². The number of halogens is 2. The number of anilines is 2. The molecular weight excluding hydrogens is 659 g/mol. The third-order valence-corrected chi connectivity index (χ3v) is 8.93. The number of rotatable bonds is 11. The van der Waals surface area contributed by atoms with Crippen LogP contribution in [0.5, 0.6) is 5.75 Å². The van der Waals surface area contributed by atoms with Gasteiger partial charge in [0, 0.05) is 32.7 Å². The van der Waals surface area contributed by atoms with E-state index in [1.54, 1.807) is 68.6 Å². The molecule has 1 atom stereocenters. The number of nitrogens with zero attached hydrogens (tertiary/aromatic N) is 1. The van der Waals surface area contributed by atoms with Crippen LogP contribution < -0.4 is 20.7 Å². The molecule has 8 nitrogen and oxygen atoms in total. The highest BCUT2D eigenvalue weighted by Crippen LogP contribution is 2.29. The lowest BCUT2D eigenvalue weighted by Crippen LogP contribution is -2.30. The maximum Gasteiger partial charge on any atom is 0.272 e. The fourth-order valence-electron chi connectivity index (χ4n) is 4.24. The smallest absolute Gasteiger partial charge is 0.272 e. The summed E-state index contributed by atoms with van der Waals surface area (Å²) in [5, 5.41) is 10.2. The monoisotopic (exact) mass is 686 g/mol. The van der Waals surface area contributed by atoms with Crippen molar-refractivity contribution >= 4 is 69.3 Å². The molecule has 0 radical (unpaired) electrons. The Morgan fingerprint density at radius 1 is 0.936 bits per heavy atom. The van der Waals surface area contributed by atoms with Crippen molar-refractivity contribution in [2.24, 2.45) is 0 Å². The average molecular weight is 687 g/mol. The number of ether oxygens (including phenoxy) is 1. The van der Waals surface area contributed by atoms with Gasteiger partial charge in [-0.05, 0) is 85.8 Å². The quantitative estimate of drug-likeness (QED) is 0.0956. The van der Waals surface area contributed by atoms with E-state index in [2.05, 4.69) is 20.9 Å². The van der Waals surface area contributed by atoms with Crippen LogP contribution in [0.3, 0.4) is 0 Å². The van der Waals surface area contributed by atoms with Gasteiger partial charge in [-0.2, -0.15) is 0 Å². The number of thiazole rings is 1. The van der Waals surface area contributed by atoms with Crippen LogP contribution in [0.1, 0.15) is 22.8 Å². The van der Waals surface area contributed by atoms with Gasteiger partial charge in [0.25, 0.3) is 11.8 Å². The third-order valence-electron chi connectivity index (χ3n) is 6.73. The van der Waals surface area contributed by atoms with Crippen molar-refractivity contribution in [1.29, 1.82) is 0 Å². The maximum absolute atomic E-state index is 14.6. The highest BCUT2D eigenvalue weighted by molar-refractivity contribution is 8.00. The predicted octanol–water partition coefficient (Wildman–Crippen LogP) is 8.14. The number of nitrogens with one attached hydrogen (secondary N) is 3. The highest BCUT2D eigenvalue weighted by Gasteiger charge is 2.19. The third kappa shape index (κ3) is 8.85. The van der Waals surface area contributed by atoms with Crippen molar-refractivity contribution in [2.75, 3.05) is 17.7 Å². The summed E-state index contributed by atoms with van der Waals surface area (Å²) in [5.74, 6) is -1.34. The second-order valence-electron chi connectivity index (χ2n) is 10.0. The summed E-state index contributed by atoms with van der Waals surface area (Å²) < 4.78 is 19.8. The van der Waals surface area contributed by atoms with Crippen LogP contribution in [0, 0.1) is 5.82 Å². The molecule has 0 fully saturated rings. The normalized spacial score (nSPS) is 11.8. The van der Waals surface area contributed by atoms with Gasteiger partial charge in [0.1, 0.15) is 17.3 Å². The number of benzene rings is 4. The van der Waals surface area contributed by atoms with Gasteiger partial charge in [-0.3, -0.25) is 14.4 Å². The van der Waals surface area contributed by atoms with Gasteiger partial charge >= 0.3 is 0 Å². The van der Waals surface area contributed by atoms with Crippen molar-refractivity contribution in [1.82, 2.24) is 10.3 Å². The summed E-state index contributed by atoms with van der Waals surface area (Å²) >= 11 is 8.86. The Morgan fingerprint density at radius 2 is 1.66 bits per heavy atom. The Hall–Kier alpha value is -4.97. The lowest BCUT2D eigenvalue weighted by Gasteiger charge is -2.13. The van der Waals surface area contributed by atoms with Crippen LogP contribution in [0.25, 0.3) is 17.3 Å². The van der Waals surface area contributed by atoms with E-state index in [0.717, 1.165) is 21.9 Å². The zero-order valence-corrected chi connectivity index (χ0v) is 27.5. The molecule has 0 aliphatic heterocycles. The number of thioether (sulfide) groups is 1. The second-order valence-corrected chi connectivity index (χ2v) is 12.7. The molecule has 5 rings (SSSR count). The van der Waals surface area contributed by atoms with E-state index in [0.29, 0.717) is 16.4 Å². The van der Waals surface area contributed by atoms with Crippen LogP contribution in [0.4, 0.5) is 15.2 Å². The first-order valence-electron chi connectivity index (χ1n) is 14.2. The molecule has 5 aromatic rings. The molecule has 0 aliphatic carbocycles. The molecule has 0 saturated carbocycles. The van der Waals surface area contributed by atoms with E-state index in [4.69, 9.17) is 16.3 Å². The van der Waals surface area contributed by atoms with Crippen LogP contribution in [-0.2, 0) is 9.59 Å². The van der Waals surface area contributed by atoms with Crippen molar-refractivity contribution in [3.05, 3.63) is 130 Å². The zero-order valence-electron chi connectivity index (χ0n) is 25.1. The number of aromatic nitrogens is 1. The van der Waals surface area contributed by atoms with E-state index in [1.807, 2.05) is 29.6 Å². The molecule has 12 heteroatoms. The molecule has 3 N–H and O–H groups in total. The molecule has 238 valence electrons. The van der Waals surface area contributed by atoms with Crippen molar-refractivity contribution in [3.63, 3.8) is 0 Å². The van der Waals surface area contributed by atoms with Gasteiger partial charge in [0.2, 0.25) is 5.91 Å². The molecule has 0 spiro atoms. The van der Waals surface area contributed by atoms with Crippen molar-refractivity contribution < 1.29 is 23.5 Å². The molecule has 1 heterocycles. The fraction of sp³-hybridized carbons (Fsp3) is 0.0857. The van der Waals surface area contributed by atoms with Gasteiger partial charge in [-0.1, -0.05) is 35.9 Å². The van der Waals surface area contributed by atoms with Gasteiger partial charge in [0.15, 0.2) is 5.13 Å². The Kier molecular flexibility index (Phi) is 11.0. The Labute approximate surface area is 284 Å². The van der Waals surface area contributed by atoms with Crippen molar-refractivity contribution in [2.45, 2.75) is 17.1 Å². The zero-order chi connectivity index (χ0) is 33.3. The summed E-state index contributed by atoms with van der Waals surface area (Å²) in [6.07, 6.45) is 1.20. The van der Waals surface area contributed by atoms with E-state index < -0.39 is 22.9 Å². The maximum atomic E-state index is 14.6. The van der Waals surface area contributed by atoms with Gasteiger partial charge < -0.3 is 20.7 Å². The standard InChI is InChI=1S/C35H28ClFN4O4S2/c1-21(32(42)41-35-40-31(20-46-35)22-11-15-25(45-2)16-12-22)47-26-17-13-24(14-18-26)38-34(44)30(19-27-28(36)9-6-10-29(27)37)39-33(43)23-7-4-3-5-8-23/h3-21H,1-2H3,(H,38,44)(H,39,43)(H,40,41,42)/b30-19-. The largest absolute Gasteiger partial charge is 0.497 e.